The van der Waals surface area contributed by atoms with Crippen LogP contribution in [-0.2, 0) is 4.79 Å². The number of aliphatic hydroxyl groups excluding tert-OH is 1. The van der Waals surface area contributed by atoms with Crippen LogP contribution < -0.4 is 0 Å². The quantitative estimate of drug-likeness (QED) is 0.428. The Kier molecular flexibility index (Phi) is 18.5. The summed E-state index contributed by atoms with van der Waals surface area (Å²) in [5, 5.41) is 16.9. The maximum atomic E-state index is 9.45. The Morgan fingerprint density at radius 3 is 1.95 bits per heavy atom. The van der Waals surface area contributed by atoms with Gasteiger partial charge in [-0.25, -0.2) is 0 Å². The fraction of sp³-hybridized carbons (Fsp3) is 0.812. The van der Waals surface area contributed by atoms with Crippen LogP contribution in [0.2, 0.25) is 0 Å². The van der Waals surface area contributed by atoms with Gasteiger partial charge in [0.2, 0.25) is 0 Å². The van der Waals surface area contributed by atoms with Gasteiger partial charge in [0.05, 0.1) is 6.10 Å². The third-order valence-corrected chi connectivity index (χ3v) is 2.83. The molecule has 3 heteroatoms. The van der Waals surface area contributed by atoms with Crippen LogP contribution in [0.3, 0.4) is 0 Å². The van der Waals surface area contributed by atoms with Crippen LogP contribution in [0.1, 0.15) is 78.1 Å². The number of rotatable bonds is 11. The van der Waals surface area contributed by atoms with Gasteiger partial charge in [-0.3, -0.25) is 4.79 Å². The first-order valence-electron chi connectivity index (χ1n) is 7.53. The summed E-state index contributed by atoms with van der Waals surface area (Å²) in [7, 11) is 0. The Hall–Kier alpha value is -0.830. The summed E-state index contributed by atoms with van der Waals surface area (Å²) in [5.74, 6) is -0.833. The van der Waals surface area contributed by atoms with Crippen LogP contribution in [-0.4, -0.2) is 22.3 Å². The average molecular weight is 272 g/mol. The molecular weight excluding hydrogens is 240 g/mol. The summed E-state index contributed by atoms with van der Waals surface area (Å²) in [4.78, 5) is 9.00. The molecule has 0 aliphatic carbocycles. The fourth-order valence-corrected chi connectivity index (χ4v) is 1.82. The Morgan fingerprint density at radius 2 is 1.53 bits per heavy atom. The third-order valence-electron chi connectivity index (χ3n) is 2.83. The highest BCUT2D eigenvalue weighted by Crippen LogP contribution is 2.11. The van der Waals surface area contributed by atoms with E-state index >= 15 is 0 Å². The fourth-order valence-electron chi connectivity index (χ4n) is 1.82. The highest BCUT2D eigenvalue weighted by atomic mass is 16.4. The molecule has 3 nitrogen and oxygen atoms in total. The van der Waals surface area contributed by atoms with Gasteiger partial charge in [0.15, 0.2) is 0 Å². The van der Waals surface area contributed by atoms with Crippen molar-refractivity contribution in [3.05, 3.63) is 12.7 Å². The lowest BCUT2D eigenvalue weighted by molar-refractivity contribution is -0.134. The zero-order valence-electron chi connectivity index (χ0n) is 12.7. The largest absolute Gasteiger partial charge is 0.481 e. The van der Waals surface area contributed by atoms with Gasteiger partial charge in [-0.05, 0) is 12.8 Å². The van der Waals surface area contributed by atoms with E-state index in [0.717, 1.165) is 19.8 Å². The molecule has 0 bridgehead atoms. The van der Waals surface area contributed by atoms with Gasteiger partial charge in [0, 0.05) is 6.92 Å². The monoisotopic (exact) mass is 272 g/mol. The molecule has 2 N–H and O–H groups in total. The summed E-state index contributed by atoms with van der Waals surface area (Å²) < 4.78 is 0. The van der Waals surface area contributed by atoms with Crippen molar-refractivity contribution >= 4 is 5.97 Å². The molecule has 0 fully saturated rings. The molecule has 0 aromatic carbocycles. The first-order chi connectivity index (χ1) is 9.04. The Balaban J connectivity index is 0. The van der Waals surface area contributed by atoms with Crippen LogP contribution in [0.15, 0.2) is 12.7 Å². The Labute approximate surface area is 118 Å². The highest BCUT2D eigenvalue weighted by molar-refractivity contribution is 5.62. The van der Waals surface area contributed by atoms with Crippen molar-refractivity contribution in [3.8, 4) is 0 Å². The molecule has 0 saturated heterocycles. The van der Waals surface area contributed by atoms with Crippen molar-refractivity contribution in [2.45, 2.75) is 84.2 Å². The number of unbranched alkanes of at least 4 members (excludes halogenated alkanes) is 7. The molecule has 114 valence electrons. The summed E-state index contributed by atoms with van der Waals surface area (Å²) in [6, 6.07) is 0. The molecule has 0 radical (unpaired) electrons. The molecule has 0 rings (SSSR count). The Bertz CT molecular complexity index is 198. The van der Waals surface area contributed by atoms with E-state index in [4.69, 9.17) is 9.90 Å². The maximum Gasteiger partial charge on any atom is 0.300 e. The second kappa shape index (κ2) is 17.2. The second-order valence-corrected chi connectivity index (χ2v) is 4.96. The molecule has 0 aliphatic rings. The third kappa shape index (κ3) is 26.7. The molecule has 0 saturated carbocycles. The minimum Gasteiger partial charge on any atom is -0.481 e. The molecule has 1 unspecified atom stereocenters. The highest BCUT2D eigenvalue weighted by Gasteiger charge is 2.00. The molecule has 0 amide bonds. The zero-order chi connectivity index (χ0) is 14.9. The van der Waals surface area contributed by atoms with E-state index in [1.165, 1.54) is 51.4 Å². The summed E-state index contributed by atoms with van der Waals surface area (Å²) in [6.45, 7) is 6.96. The van der Waals surface area contributed by atoms with Gasteiger partial charge in [-0.1, -0.05) is 64.4 Å². The normalized spacial score (nSPS) is 11.3. The lowest BCUT2D eigenvalue weighted by atomic mass is 10.0. The van der Waals surface area contributed by atoms with Gasteiger partial charge in [0.25, 0.3) is 5.97 Å². The number of aliphatic carboxylic acids is 1. The molecule has 0 aromatic rings. The summed E-state index contributed by atoms with van der Waals surface area (Å²) in [5.41, 5.74) is 0. The van der Waals surface area contributed by atoms with E-state index in [9.17, 15) is 5.11 Å². The van der Waals surface area contributed by atoms with Crippen molar-refractivity contribution in [1.82, 2.24) is 0 Å². The Morgan fingerprint density at radius 1 is 1.11 bits per heavy atom. The van der Waals surface area contributed by atoms with Crippen molar-refractivity contribution in [2.24, 2.45) is 0 Å². The van der Waals surface area contributed by atoms with Crippen LogP contribution >= 0.6 is 0 Å². The van der Waals surface area contributed by atoms with Gasteiger partial charge in [-0.15, -0.1) is 6.58 Å². The van der Waals surface area contributed by atoms with E-state index in [-0.39, 0.29) is 6.10 Å². The molecule has 0 aromatic heterocycles. The molecule has 0 heterocycles. The SMILES string of the molecule is C=CCC(O)CCCCCCCCCC.CC(=O)O. The minimum absolute atomic E-state index is 0.150. The van der Waals surface area contributed by atoms with Crippen LogP contribution in [0.5, 0.6) is 0 Å². The predicted molar refractivity (Wildman–Crippen MR) is 81.4 cm³/mol. The number of carbonyl (C=O) groups is 1. The molecule has 0 spiro atoms. The predicted octanol–water partition coefficient (Wildman–Crippen LogP) is 4.55. The lowest BCUT2D eigenvalue weighted by Crippen LogP contribution is -2.03. The number of hydrogen-bond donors (Lipinski definition) is 2. The smallest absolute Gasteiger partial charge is 0.300 e. The van der Waals surface area contributed by atoms with Crippen LogP contribution in [0.4, 0.5) is 0 Å². The number of aliphatic hydroxyl groups is 1. The van der Waals surface area contributed by atoms with Crippen molar-refractivity contribution in [3.63, 3.8) is 0 Å². The average Bonchev–Trinajstić information content (AvgIpc) is 2.32. The van der Waals surface area contributed by atoms with Crippen molar-refractivity contribution in [2.75, 3.05) is 0 Å². The van der Waals surface area contributed by atoms with Crippen molar-refractivity contribution < 1.29 is 15.0 Å². The minimum atomic E-state index is -0.833. The van der Waals surface area contributed by atoms with E-state index in [1.54, 1.807) is 6.08 Å². The molecule has 0 aliphatic heterocycles. The van der Waals surface area contributed by atoms with Crippen molar-refractivity contribution in [1.29, 1.82) is 0 Å². The standard InChI is InChI=1S/C14H28O.C2H4O2/c1-3-5-6-7-8-9-10-11-13-14(15)12-4-2;1-2(3)4/h4,14-15H,2-3,5-13H2,1H3;1H3,(H,3,4). The van der Waals surface area contributed by atoms with E-state index in [0.29, 0.717) is 0 Å². The summed E-state index contributed by atoms with van der Waals surface area (Å²) in [6.07, 6.45) is 14.0. The van der Waals surface area contributed by atoms with E-state index in [2.05, 4.69) is 13.5 Å². The zero-order valence-corrected chi connectivity index (χ0v) is 12.7. The second-order valence-electron chi connectivity index (χ2n) is 4.96. The van der Waals surface area contributed by atoms with E-state index < -0.39 is 5.97 Å². The molecule has 1 atom stereocenters. The summed E-state index contributed by atoms with van der Waals surface area (Å²) >= 11 is 0. The first-order valence-corrected chi connectivity index (χ1v) is 7.53. The van der Waals surface area contributed by atoms with Gasteiger partial charge < -0.3 is 10.2 Å². The first kappa shape index (κ1) is 20.5. The lowest BCUT2D eigenvalue weighted by Gasteiger charge is -2.07. The maximum absolute atomic E-state index is 9.45. The van der Waals surface area contributed by atoms with Crippen LogP contribution in [0, 0.1) is 0 Å². The van der Waals surface area contributed by atoms with Gasteiger partial charge in [0.1, 0.15) is 0 Å². The topological polar surface area (TPSA) is 57.5 Å². The van der Waals surface area contributed by atoms with Crippen LogP contribution in [0.25, 0.3) is 0 Å². The number of carboxylic acids is 1. The number of carboxylic acid groups (broad SMARTS) is 1. The molecule has 19 heavy (non-hydrogen) atoms. The van der Waals surface area contributed by atoms with Gasteiger partial charge in [-0.2, -0.15) is 0 Å². The van der Waals surface area contributed by atoms with E-state index in [1.807, 2.05) is 0 Å². The molecular formula is C16H32O3. The van der Waals surface area contributed by atoms with Gasteiger partial charge >= 0.3 is 0 Å². The number of hydrogen-bond acceptors (Lipinski definition) is 2.